The first-order chi connectivity index (χ1) is 12.5. The van der Waals surface area contributed by atoms with E-state index in [0.717, 1.165) is 27.8 Å². The molecule has 0 saturated heterocycles. The third-order valence-corrected chi connectivity index (χ3v) is 5.52. The Balaban J connectivity index is 1.86. The molecular weight excluding hydrogens is 328 g/mol. The number of fused-ring (bicyclic) bond motifs is 1. The fourth-order valence-electron chi connectivity index (χ4n) is 4.24. The van der Waals surface area contributed by atoms with Gasteiger partial charge in [0.15, 0.2) is 11.3 Å². The molecule has 0 amide bonds. The topological polar surface area (TPSA) is 68.1 Å². The molecule has 132 valence electrons. The van der Waals surface area contributed by atoms with E-state index in [1.807, 2.05) is 44.2 Å². The lowest BCUT2D eigenvalue weighted by Crippen LogP contribution is -2.39. The van der Waals surface area contributed by atoms with Crippen molar-refractivity contribution in [1.29, 1.82) is 0 Å². The van der Waals surface area contributed by atoms with E-state index in [1.54, 1.807) is 6.07 Å². The van der Waals surface area contributed by atoms with Crippen molar-refractivity contribution in [3.8, 4) is 0 Å². The van der Waals surface area contributed by atoms with Crippen LogP contribution in [0.2, 0.25) is 0 Å². The number of ketones is 1. The highest BCUT2D eigenvalue weighted by Gasteiger charge is 2.55. The Bertz CT molecular complexity index is 964. The number of aryl methyl sites for hydroxylation is 2. The Morgan fingerprint density at radius 1 is 1.23 bits per heavy atom. The number of carbonyl (C=O) groups excluding carboxylic acids is 2. The molecule has 2 aromatic carbocycles. The Labute approximate surface area is 152 Å². The molecule has 4 rings (SSSR count). The second-order valence-electron chi connectivity index (χ2n) is 7.10. The maximum Gasteiger partial charge on any atom is 0.338 e. The number of azo groups is 1. The van der Waals surface area contributed by atoms with E-state index in [1.165, 1.54) is 7.11 Å². The first-order valence-corrected chi connectivity index (χ1v) is 8.69. The smallest absolute Gasteiger partial charge is 0.338 e. The van der Waals surface area contributed by atoms with Gasteiger partial charge in [-0.15, -0.1) is 0 Å². The van der Waals surface area contributed by atoms with Crippen LogP contribution in [0.4, 0.5) is 0 Å². The molecule has 0 N–H and O–H groups in total. The Morgan fingerprint density at radius 3 is 2.77 bits per heavy atom. The molecule has 0 bridgehead atoms. The lowest BCUT2D eigenvalue weighted by Gasteiger charge is -2.27. The minimum atomic E-state index is -0.953. The normalized spacial score (nSPS) is 23.5. The zero-order valence-electron chi connectivity index (χ0n) is 15.1. The van der Waals surface area contributed by atoms with Crippen LogP contribution in [0.25, 0.3) is 0 Å². The molecule has 0 radical (unpaired) electrons. The molecule has 1 aliphatic heterocycles. The van der Waals surface area contributed by atoms with E-state index in [-0.39, 0.29) is 11.7 Å². The van der Waals surface area contributed by atoms with Crippen molar-refractivity contribution in [2.75, 3.05) is 13.7 Å². The summed E-state index contributed by atoms with van der Waals surface area (Å²) in [5.74, 6) is -0.661. The van der Waals surface area contributed by atoms with E-state index in [0.29, 0.717) is 18.5 Å². The molecule has 26 heavy (non-hydrogen) atoms. The summed E-state index contributed by atoms with van der Waals surface area (Å²) in [5.41, 5.74) is 4.07. The molecule has 5 nitrogen and oxygen atoms in total. The molecule has 1 spiro atoms. The van der Waals surface area contributed by atoms with Crippen LogP contribution in [0.15, 0.2) is 46.6 Å². The second kappa shape index (κ2) is 5.87. The minimum Gasteiger partial charge on any atom is -0.465 e. The molecule has 2 atom stereocenters. The fraction of sp³-hybridized carbons (Fsp3) is 0.333. The predicted octanol–water partition coefficient (Wildman–Crippen LogP) is 3.82. The lowest BCUT2D eigenvalue weighted by molar-refractivity contribution is 0.0597. The number of rotatable bonds is 2. The van der Waals surface area contributed by atoms with Gasteiger partial charge in [0, 0.05) is 17.9 Å². The zero-order valence-corrected chi connectivity index (χ0v) is 15.1. The van der Waals surface area contributed by atoms with Crippen LogP contribution in [0.5, 0.6) is 0 Å². The van der Waals surface area contributed by atoms with Crippen molar-refractivity contribution in [2.24, 2.45) is 10.2 Å². The van der Waals surface area contributed by atoms with Crippen LogP contribution in [-0.4, -0.2) is 30.9 Å². The third-order valence-electron chi connectivity index (χ3n) is 5.52. The standard InChI is InChI=1S/C21H20N2O3/c1-12-7-8-15(20(25)26-3)16(9-12)17-11-22-23-21(17)10-14-6-4-5-13(2)18(14)19(21)24/h4-9,17H,10-11H2,1-3H3/t17-,21+/m0/s1. The van der Waals surface area contributed by atoms with Gasteiger partial charge >= 0.3 is 5.97 Å². The first kappa shape index (κ1) is 16.6. The summed E-state index contributed by atoms with van der Waals surface area (Å²) in [4.78, 5) is 25.7. The molecular formula is C21H20N2O3. The van der Waals surface area contributed by atoms with Gasteiger partial charge < -0.3 is 4.74 Å². The quantitative estimate of drug-likeness (QED) is 0.775. The Morgan fingerprint density at radius 2 is 2.04 bits per heavy atom. The van der Waals surface area contributed by atoms with E-state index in [4.69, 9.17) is 4.74 Å². The predicted molar refractivity (Wildman–Crippen MR) is 96.9 cm³/mol. The Kier molecular flexibility index (Phi) is 3.75. The average Bonchev–Trinajstić information content (AvgIpc) is 3.17. The van der Waals surface area contributed by atoms with Crippen LogP contribution >= 0.6 is 0 Å². The van der Waals surface area contributed by atoms with E-state index < -0.39 is 11.5 Å². The molecule has 0 saturated carbocycles. The number of methoxy groups -OCH3 is 1. The number of ether oxygens (including phenoxy) is 1. The summed E-state index contributed by atoms with van der Waals surface area (Å²) < 4.78 is 4.95. The van der Waals surface area contributed by atoms with Crippen LogP contribution in [0.1, 0.15) is 48.9 Å². The molecule has 0 unspecified atom stereocenters. The summed E-state index contributed by atoms with van der Waals surface area (Å²) >= 11 is 0. The number of esters is 1. The number of nitrogens with zero attached hydrogens (tertiary/aromatic N) is 2. The highest BCUT2D eigenvalue weighted by Crippen LogP contribution is 2.48. The first-order valence-electron chi connectivity index (χ1n) is 8.69. The van der Waals surface area contributed by atoms with Crippen LogP contribution < -0.4 is 0 Å². The van der Waals surface area contributed by atoms with Crippen molar-refractivity contribution < 1.29 is 14.3 Å². The molecule has 0 aromatic heterocycles. The van der Waals surface area contributed by atoms with Crippen molar-refractivity contribution in [2.45, 2.75) is 31.7 Å². The number of hydrogen-bond donors (Lipinski definition) is 0. The molecule has 1 aliphatic carbocycles. The minimum absolute atomic E-state index is 0.00849. The van der Waals surface area contributed by atoms with Crippen molar-refractivity contribution >= 4 is 11.8 Å². The fourth-order valence-corrected chi connectivity index (χ4v) is 4.24. The molecule has 5 heteroatoms. The average molecular weight is 348 g/mol. The summed E-state index contributed by atoms with van der Waals surface area (Å²) in [6, 6.07) is 11.5. The van der Waals surface area contributed by atoms with Crippen LogP contribution in [0.3, 0.4) is 0 Å². The van der Waals surface area contributed by atoms with Crippen LogP contribution in [0, 0.1) is 13.8 Å². The SMILES string of the molecule is COC(=O)c1ccc(C)cc1[C@@H]1CN=N[C@]12Cc1cccc(C)c1C2=O. The summed E-state index contributed by atoms with van der Waals surface area (Å²) in [7, 11) is 1.37. The van der Waals surface area contributed by atoms with E-state index >= 15 is 0 Å². The zero-order chi connectivity index (χ0) is 18.5. The number of Topliss-reactive ketones (excluding diaryl/α,β-unsaturated/α-hetero) is 1. The van der Waals surface area contributed by atoms with Gasteiger partial charge in [0.2, 0.25) is 0 Å². The van der Waals surface area contributed by atoms with Crippen molar-refractivity contribution in [1.82, 2.24) is 0 Å². The van der Waals surface area contributed by atoms with E-state index in [2.05, 4.69) is 10.2 Å². The van der Waals surface area contributed by atoms with Gasteiger partial charge in [-0.3, -0.25) is 4.79 Å². The summed E-state index contributed by atoms with van der Waals surface area (Å²) in [5, 5.41) is 8.69. The monoisotopic (exact) mass is 348 g/mol. The van der Waals surface area contributed by atoms with Gasteiger partial charge in [0.1, 0.15) is 0 Å². The summed E-state index contributed by atoms with van der Waals surface area (Å²) in [6.45, 7) is 4.31. The number of hydrogen-bond acceptors (Lipinski definition) is 5. The third kappa shape index (κ3) is 2.23. The number of benzene rings is 2. The van der Waals surface area contributed by atoms with E-state index in [9.17, 15) is 9.59 Å². The summed E-state index contributed by atoms with van der Waals surface area (Å²) in [6.07, 6.45) is 0.519. The Hall–Kier alpha value is -2.82. The van der Waals surface area contributed by atoms with Gasteiger partial charge in [-0.2, -0.15) is 10.2 Å². The molecule has 2 aromatic rings. The van der Waals surface area contributed by atoms with Gasteiger partial charge in [0.05, 0.1) is 19.2 Å². The highest BCUT2D eigenvalue weighted by molar-refractivity contribution is 6.10. The van der Waals surface area contributed by atoms with Gasteiger partial charge in [0.25, 0.3) is 0 Å². The van der Waals surface area contributed by atoms with Gasteiger partial charge in [-0.1, -0.05) is 35.9 Å². The van der Waals surface area contributed by atoms with Crippen molar-refractivity contribution in [3.63, 3.8) is 0 Å². The lowest BCUT2D eigenvalue weighted by atomic mass is 9.76. The van der Waals surface area contributed by atoms with Gasteiger partial charge in [-0.25, -0.2) is 4.79 Å². The number of carbonyl (C=O) groups is 2. The van der Waals surface area contributed by atoms with Gasteiger partial charge in [-0.05, 0) is 36.6 Å². The maximum absolute atomic E-state index is 13.4. The maximum atomic E-state index is 13.4. The molecule has 1 heterocycles. The molecule has 2 aliphatic rings. The molecule has 0 fully saturated rings. The highest BCUT2D eigenvalue weighted by atomic mass is 16.5. The largest absolute Gasteiger partial charge is 0.465 e. The van der Waals surface area contributed by atoms with Crippen molar-refractivity contribution in [3.05, 3.63) is 69.8 Å². The second-order valence-corrected chi connectivity index (χ2v) is 7.10. The van der Waals surface area contributed by atoms with Crippen LogP contribution in [-0.2, 0) is 11.2 Å².